The zero-order valence-electron chi connectivity index (χ0n) is 9.78. The minimum atomic E-state index is -0.590. The number of nitrogens with two attached hydrogens (primary N) is 1. The van der Waals surface area contributed by atoms with Crippen molar-refractivity contribution in [3.8, 4) is 5.69 Å². The molecule has 18 heavy (non-hydrogen) atoms. The second kappa shape index (κ2) is 4.74. The first-order valence-electron chi connectivity index (χ1n) is 5.24. The number of rotatable bonds is 2. The van der Waals surface area contributed by atoms with E-state index in [0.29, 0.717) is 11.4 Å². The molecule has 1 unspecified atom stereocenters. The lowest BCUT2D eigenvalue weighted by Gasteiger charge is -2.07. The molecule has 0 saturated carbocycles. The predicted octanol–water partition coefficient (Wildman–Crippen LogP) is 2.64. The van der Waals surface area contributed by atoms with Crippen molar-refractivity contribution in [2.24, 2.45) is 5.73 Å². The molecule has 7 heteroatoms. The van der Waals surface area contributed by atoms with Crippen molar-refractivity contribution in [1.82, 2.24) is 15.0 Å². The molecular formula is C11H11BrF2N4. The fraction of sp³-hybridized carbons (Fsp3) is 0.273. The van der Waals surface area contributed by atoms with Crippen molar-refractivity contribution in [3.05, 3.63) is 39.6 Å². The largest absolute Gasteiger partial charge is 0.323 e. The Kier molecular flexibility index (Phi) is 3.45. The van der Waals surface area contributed by atoms with Gasteiger partial charge in [0.15, 0.2) is 0 Å². The summed E-state index contributed by atoms with van der Waals surface area (Å²) in [4.78, 5) is 0. The van der Waals surface area contributed by atoms with E-state index in [1.807, 2.05) is 0 Å². The SMILES string of the molecule is Cc1c(C(C)N)nnn1-c1cc(F)c(Br)cc1F. The van der Waals surface area contributed by atoms with Crippen molar-refractivity contribution >= 4 is 15.9 Å². The van der Waals surface area contributed by atoms with Crippen LogP contribution in [0.5, 0.6) is 0 Å². The lowest BCUT2D eigenvalue weighted by atomic mass is 10.2. The molecule has 0 aliphatic rings. The molecule has 0 amide bonds. The first-order chi connectivity index (χ1) is 8.41. The van der Waals surface area contributed by atoms with Crippen LogP contribution in [-0.2, 0) is 0 Å². The summed E-state index contributed by atoms with van der Waals surface area (Å²) in [6.07, 6.45) is 0. The third-order valence-electron chi connectivity index (χ3n) is 2.58. The maximum absolute atomic E-state index is 13.8. The van der Waals surface area contributed by atoms with Gasteiger partial charge in [-0.15, -0.1) is 5.10 Å². The number of benzene rings is 1. The van der Waals surface area contributed by atoms with Crippen molar-refractivity contribution in [2.75, 3.05) is 0 Å². The van der Waals surface area contributed by atoms with Crippen LogP contribution in [0.15, 0.2) is 16.6 Å². The topological polar surface area (TPSA) is 56.7 Å². The highest BCUT2D eigenvalue weighted by Gasteiger charge is 2.17. The van der Waals surface area contributed by atoms with Crippen molar-refractivity contribution in [1.29, 1.82) is 0 Å². The Morgan fingerprint density at radius 2 is 2.00 bits per heavy atom. The predicted molar refractivity (Wildman–Crippen MR) is 66.3 cm³/mol. The summed E-state index contributed by atoms with van der Waals surface area (Å²) in [7, 11) is 0. The van der Waals surface area contributed by atoms with Gasteiger partial charge in [-0.25, -0.2) is 13.5 Å². The number of halogens is 3. The van der Waals surface area contributed by atoms with E-state index in [0.717, 1.165) is 12.1 Å². The third kappa shape index (κ3) is 2.15. The number of nitrogens with zero attached hydrogens (tertiary/aromatic N) is 3. The Hall–Kier alpha value is -1.34. The van der Waals surface area contributed by atoms with Crippen LogP contribution in [0.3, 0.4) is 0 Å². The van der Waals surface area contributed by atoms with Crippen molar-refractivity contribution in [2.45, 2.75) is 19.9 Å². The van der Waals surface area contributed by atoms with Gasteiger partial charge in [0.2, 0.25) is 0 Å². The maximum atomic E-state index is 13.8. The normalized spacial score (nSPS) is 12.8. The summed E-state index contributed by atoms with van der Waals surface area (Å²) in [6.45, 7) is 3.46. The van der Waals surface area contributed by atoms with Gasteiger partial charge in [0.05, 0.1) is 10.2 Å². The highest BCUT2D eigenvalue weighted by Crippen LogP contribution is 2.24. The molecule has 0 bridgehead atoms. The van der Waals surface area contributed by atoms with Gasteiger partial charge in [-0.05, 0) is 35.8 Å². The van der Waals surface area contributed by atoms with E-state index in [9.17, 15) is 8.78 Å². The van der Waals surface area contributed by atoms with Crippen LogP contribution in [-0.4, -0.2) is 15.0 Å². The summed E-state index contributed by atoms with van der Waals surface area (Å²) < 4.78 is 28.5. The lowest BCUT2D eigenvalue weighted by Crippen LogP contribution is -2.08. The average molecular weight is 317 g/mol. The molecule has 2 rings (SSSR count). The molecule has 1 aromatic heterocycles. The van der Waals surface area contributed by atoms with Crippen LogP contribution >= 0.6 is 15.9 Å². The molecule has 2 aromatic rings. The van der Waals surface area contributed by atoms with Gasteiger partial charge >= 0.3 is 0 Å². The lowest BCUT2D eigenvalue weighted by molar-refractivity contribution is 0.577. The zero-order valence-corrected chi connectivity index (χ0v) is 11.4. The molecule has 4 nitrogen and oxygen atoms in total. The van der Waals surface area contributed by atoms with Crippen LogP contribution in [0.1, 0.15) is 24.4 Å². The molecule has 0 aliphatic heterocycles. The summed E-state index contributed by atoms with van der Waals surface area (Å²) >= 11 is 2.92. The average Bonchev–Trinajstić information content (AvgIpc) is 2.66. The second-order valence-corrected chi connectivity index (χ2v) is 4.83. The monoisotopic (exact) mass is 316 g/mol. The van der Waals surface area contributed by atoms with Crippen molar-refractivity contribution < 1.29 is 8.78 Å². The van der Waals surface area contributed by atoms with E-state index in [1.165, 1.54) is 4.68 Å². The molecule has 96 valence electrons. The summed E-state index contributed by atoms with van der Waals surface area (Å²) in [5.41, 5.74) is 6.86. The Labute approximate surface area is 111 Å². The van der Waals surface area contributed by atoms with E-state index >= 15 is 0 Å². The van der Waals surface area contributed by atoms with Gasteiger partial charge in [-0.3, -0.25) is 0 Å². The Balaban J connectivity index is 2.59. The van der Waals surface area contributed by atoms with E-state index in [2.05, 4.69) is 26.2 Å². The number of aromatic nitrogens is 3. The highest BCUT2D eigenvalue weighted by atomic mass is 79.9. The molecule has 0 spiro atoms. The van der Waals surface area contributed by atoms with Crippen LogP contribution in [0.4, 0.5) is 8.78 Å². The minimum Gasteiger partial charge on any atom is -0.323 e. The van der Waals surface area contributed by atoms with E-state index < -0.39 is 11.6 Å². The fourth-order valence-electron chi connectivity index (χ4n) is 1.66. The molecule has 1 atom stereocenters. The fourth-order valence-corrected chi connectivity index (χ4v) is 1.98. The van der Waals surface area contributed by atoms with Crippen LogP contribution in [0, 0.1) is 18.6 Å². The van der Waals surface area contributed by atoms with Gasteiger partial charge in [-0.2, -0.15) is 0 Å². The quantitative estimate of drug-likeness (QED) is 0.866. The summed E-state index contributed by atoms with van der Waals surface area (Å²) in [6, 6.07) is 1.80. The van der Waals surface area contributed by atoms with Gasteiger partial charge < -0.3 is 5.73 Å². The van der Waals surface area contributed by atoms with Gasteiger partial charge in [0, 0.05) is 12.1 Å². The Bertz CT molecular complexity index is 595. The zero-order chi connectivity index (χ0) is 13.4. The summed E-state index contributed by atoms with van der Waals surface area (Å²) in [5.74, 6) is -1.16. The molecule has 0 fully saturated rings. The molecule has 2 N–H and O–H groups in total. The molecule has 0 saturated heterocycles. The van der Waals surface area contributed by atoms with E-state index in [4.69, 9.17) is 5.73 Å². The molecule has 0 aliphatic carbocycles. The van der Waals surface area contributed by atoms with Gasteiger partial charge in [-0.1, -0.05) is 5.21 Å². The molecule has 1 heterocycles. The second-order valence-electron chi connectivity index (χ2n) is 3.98. The molecule has 0 radical (unpaired) electrons. The van der Waals surface area contributed by atoms with E-state index in [-0.39, 0.29) is 16.2 Å². The third-order valence-corrected chi connectivity index (χ3v) is 3.19. The Morgan fingerprint density at radius 3 is 2.56 bits per heavy atom. The van der Waals surface area contributed by atoms with Crippen molar-refractivity contribution in [3.63, 3.8) is 0 Å². The van der Waals surface area contributed by atoms with E-state index in [1.54, 1.807) is 13.8 Å². The maximum Gasteiger partial charge on any atom is 0.150 e. The van der Waals surface area contributed by atoms with Gasteiger partial charge in [0.1, 0.15) is 23.0 Å². The first kappa shape index (κ1) is 13.1. The summed E-state index contributed by atoms with van der Waals surface area (Å²) in [5, 5.41) is 7.68. The van der Waals surface area contributed by atoms with Crippen LogP contribution in [0.2, 0.25) is 0 Å². The molecular weight excluding hydrogens is 306 g/mol. The minimum absolute atomic E-state index is 0.00704. The number of hydrogen-bond donors (Lipinski definition) is 1. The smallest absolute Gasteiger partial charge is 0.150 e. The highest BCUT2D eigenvalue weighted by molar-refractivity contribution is 9.10. The standard InChI is InChI=1S/C11H11BrF2N4/c1-5(15)11-6(2)18(17-16-11)10-4-8(13)7(12)3-9(10)14/h3-5H,15H2,1-2H3. The first-order valence-corrected chi connectivity index (χ1v) is 6.03. The number of hydrogen-bond acceptors (Lipinski definition) is 3. The van der Waals surface area contributed by atoms with Crippen LogP contribution < -0.4 is 5.73 Å². The molecule has 1 aromatic carbocycles. The van der Waals surface area contributed by atoms with Crippen LogP contribution in [0.25, 0.3) is 5.69 Å². The van der Waals surface area contributed by atoms with Gasteiger partial charge in [0.25, 0.3) is 0 Å². The Morgan fingerprint density at radius 1 is 1.33 bits per heavy atom.